The molecule has 2 aliphatic rings. The van der Waals surface area contributed by atoms with Gasteiger partial charge in [0.15, 0.2) is 0 Å². The van der Waals surface area contributed by atoms with Crippen LogP contribution in [0, 0.1) is 5.92 Å². The Morgan fingerprint density at radius 1 is 0.917 bits per heavy atom. The average Bonchev–Trinajstić information content (AvgIpc) is 2.55. The third kappa shape index (κ3) is 7.90. The SMILES string of the molecule is CC1CCC(N2CCN(C(=O)CCCCCCN)CC2)CC1.Cl.Cl. The third-order valence-electron chi connectivity index (χ3n) is 5.51. The molecule has 2 N–H and O–H groups in total. The summed E-state index contributed by atoms with van der Waals surface area (Å²) >= 11 is 0. The Labute approximate surface area is 160 Å². The van der Waals surface area contributed by atoms with Crippen LogP contribution in [0.1, 0.15) is 64.7 Å². The first-order valence-electron chi connectivity index (χ1n) is 9.42. The van der Waals surface area contributed by atoms with Gasteiger partial charge < -0.3 is 10.6 Å². The molecule has 1 heterocycles. The molecule has 0 spiro atoms. The highest BCUT2D eigenvalue weighted by Crippen LogP contribution is 2.27. The lowest BCUT2D eigenvalue weighted by atomic mass is 9.86. The quantitative estimate of drug-likeness (QED) is 0.686. The van der Waals surface area contributed by atoms with E-state index in [1.165, 1.54) is 25.7 Å². The van der Waals surface area contributed by atoms with Crippen LogP contribution in [0.2, 0.25) is 0 Å². The number of nitrogens with two attached hydrogens (primary N) is 1. The van der Waals surface area contributed by atoms with Gasteiger partial charge in [0.2, 0.25) is 5.91 Å². The van der Waals surface area contributed by atoms with Crippen LogP contribution in [0.4, 0.5) is 0 Å². The number of unbranched alkanes of at least 4 members (excludes halogenated alkanes) is 3. The van der Waals surface area contributed by atoms with Crippen molar-refractivity contribution in [2.24, 2.45) is 11.7 Å². The van der Waals surface area contributed by atoms with Gasteiger partial charge in [-0.3, -0.25) is 9.69 Å². The fraction of sp³-hybridized carbons (Fsp3) is 0.944. The van der Waals surface area contributed by atoms with E-state index in [-0.39, 0.29) is 24.8 Å². The van der Waals surface area contributed by atoms with E-state index in [1.807, 2.05) is 0 Å². The van der Waals surface area contributed by atoms with Crippen LogP contribution >= 0.6 is 24.8 Å². The summed E-state index contributed by atoms with van der Waals surface area (Å²) < 4.78 is 0. The van der Waals surface area contributed by atoms with Crippen molar-refractivity contribution in [1.82, 2.24) is 9.80 Å². The van der Waals surface area contributed by atoms with E-state index in [4.69, 9.17) is 5.73 Å². The minimum Gasteiger partial charge on any atom is -0.340 e. The maximum Gasteiger partial charge on any atom is 0.222 e. The monoisotopic (exact) mass is 381 g/mol. The zero-order chi connectivity index (χ0) is 15.8. The molecule has 0 radical (unpaired) electrons. The molecule has 0 aromatic carbocycles. The number of nitrogens with zero attached hydrogens (tertiary/aromatic N) is 2. The molecule has 2 rings (SSSR count). The van der Waals surface area contributed by atoms with Gasteiger partial charge in [0.05, 0.1) is 0 Å². The Kier molecular flexibility index (Phi) is 13.2. The highest BCUT2D eigenvalue weighted by atomic mass is 35.5. The van der Waals surface area contributed by atoms with Crippen molar-refractivity contribution < 1.29 is 4.79 Å². The molecule has 1 aliphatic carbocycles. The molecule has 0 bridgehead atoms. The zero-order valence-corrected chi connectivity index (χ0v) is 16.9. The van der Waals surface area contributed by atoms with E-state index >= 15 is 0 Å². The molecule has 1 saturated heterocycles. The van der Waals surface area contributed by atoms with Gasteiger partial charge in [-0.15, -0.1) is 24.8 Å². The molecule has 144 valence electrons. The van der Waals surface area contributed by atoms with Crippen LogP contribution in [-0.4, -0.2) is 54.5 Å². The number of carbonyl (C=O) groups excluding carboxylic acids is 1. The van der Waals surface area contributed by atoms with Crippen LogP contribution in [0.25, 0.3) is 0 Å². The molecule has 6 heteroatoms. The number of hydrogen-bond donors (Lipinski definition) is 1. The van der Waals surface area contributed by atoms with E-state index in [1.54, 1.807) is 0 Å². The minimum absolute atomic E-state index is 0. The summed E-state index contributed by atoms with van der Waals surface area (Å²) in [6, 6.07) is 0.782. The molecule has 1 saturated carbocycles. The molecule has 2 fully saturated rings. The second kappa shape index (κ2) is 13.2. The van der Waals surface area contributed by atoms with Gasteiger partial charge >= 0.3 is 0 Å². The van der Waals surface area contributed by atoms with Gasteiger partial charge in [-0.1, -0.05) is 19.8 Å². The lowest BCUT2D eigenvalue weighted by Gasteiger charge is -2.41. The van der Waals surface area contributed by atoms with Crippen LogP contribution in [0.3, 0.4) is 0 Å². The highest BCUT2D eigenvalue weighted by Gasteiger charge is 2.28. The van der Waals surface area contributed by atoms with Crippen molar-refractivity contribution in [3.05, 3.63) is 0 Å². The number of hydrogen-bond acceptors (Lipinski definition) is 3. The number of rotatable bonds is 7. The van der Waals surface area contributed by atoms with Crippen LogP contribution in [-0.2, 0) is 4.79 Å². The fourth-order valence-corrected chi connectivity index (χ4v) is 3.88. The van der Waals surface area contributed by atoms with Gasteiger partial charge in [-0.25, -0.2) is 0 Å². The first-order valence-corrected chi connectivity index (χ1v) is 9.42. The molecule has 1 aliphatic heterocycles. The summed E-state index contributed by atoms with van der Waals surface area (Å²) in [4.78, 5) is 17.0. The average molecular weight is 382 g/mol. The maximum atomic E-state index is 12.2. The second-order valence-electron chi connectivity index (χ2n) is 7.28. The maximum absolute atomic E-state index is 12.2. The molecule has 4 nitrogen and oxygen atoms in total. The Balaban J connectivity index is 0.00000264. The van der Waals surface area contributed by atoms with Gasteiger partial charge in [0, 0.05) is 38.6 Å². The summed E-state index contributed by atoms with van der Waals surface area (Å²) in [5.41, 5.74) is 5.49. The fourth-order valence-electron chi connectivity index (χ4n) is 3.88. The van der Waals surface area contributed by atoms with Crippen molar-refractivity contribution in [3.8, 4) is 0 Å². The number of carbonyl (C=O) groups is 1. The van der Waals surface area contributed by atoms with Gasteiger partial charge in [-0.05, 0) is 51.0 Å². The van der Waals surface area contributed by atoms with E-state index in [0.29, 0.717) is 5.91 Å². The van der Waals surface area contributed by atoms with Gasteiger partial charge in [-0.2, -0.15) is 0 Å². The largest absolute Gasteiger partial charge is 0.340 e. The van der Waals surface area contributed by atoms with Crippen LogP contribution in [0.5, 0.6) is 0 Å². The summed E-state index contributed by atoms with van der Waals surface area (Å²) in [5.74, 6) is 1.28. The number of halogens is 2. The van der Waals surface area contributed by atoms with Gasteiger partial charge in [0.1, 0.15) is 0 Å². The van der Waals surface area contributed by atoms with Crippen molar-refractivity contribution in [2.45, 2.75) is 70.8 Å². The Morgan fingerprint density at radius 2 is 1.50 bits per heavy atom. The summed E-state index contributed by atoms with van der Waals surface area (Å²) in [7, 11) is 0. The summed E-state index contributed by atoms with van der Waals surface area (Å²) in [6.45, 7) is 7.19. The molecular weight excluding hydrogens is 345 g/mol. The molecule has 0 aromatic heterocycles. The standard InChI is InChI=1S/C18H35N3O.2ClH/c1-16-7-9-17(10-8-16)20-12-14-21(15-13-20)18(22)6-4-2-3-5-11-19;;/h16-17H,2-15,19H2,1H3;2*1H. The topological polar surface area (TPSA) is 49.6 Å². The van der Waals surface area contributed by atoms with Crippen molar-refractivity contribution in [1.29, 1.82) is 0 Å². The lowest BCUT2D eigenvalue weighted by molar-refractivity contribution is -0.133. The molecule has 1 amide bonds. The van der Waals surface area contributed by atoms with Crippen LogP contribution in [0.15, 0.2) is 0 Å². The van der Waals surface area contributed by atoms with Crippen molar-refractivity contribution >= 4 is 30.7 Å². The lowest BCUT2D eigenvalue weighted by Crippen LogP contribution is -2.52. The first-order chi connectivity index (χ1) is 10.7. The highest BCUT2D eigenvalue weighted by molar-refractivity contribution is 5.85. The summed E-state index contributed by atoms with van der Waals surface area (Å²) in [5, 5.41) is 0. The smallest absolute Gasteiger partial charge is 0.222 e. The van der Waals surface area contributed by atoms with E-state index in [9.17, 15) is 4.79 Å². The Bertz CT molecular complexity index is 328. The summed E-state index contributed by atoms with van der Waals surface area (Å²) in [6.07, 6.45) is 10.6. The van der Waals surface area contributed by atoms with Crippen molar-refractivity contribution in [2.75, 3.05) is 32.7 Å². The predicted molar refractivity (Wildman–Crippen MR) is 106 cm³/mol. The Hall–Kier alpha value is -0.0300. The minimum atomic E-state index is 0. The zero-order valence-electron chi connectivity index (χ0n) is 15.3. The molecule has 0 atom stereocenters. The van der Waals surface area contributed by atoms with Crippen molar-refractivity contribution in [3.63, 3.8) is 0 Å². The first kappa shape index (κ1) is 24.0. The number of piperazine rings is 1. The molecule has 0 aromatic rings. The predicted octanol–water partition coefficient (Wildman–Crippen LogP) is 3.46. The second-order valence-corrected chi connectivity index (χ2v) is 7.28. The van der Waals surface area contributed by atoms with E-state index in [2.05, 4.69) is 16.7 Å². The molecular formula is C18H37Cl2N3O. The molecule has 0 unspecified atom stereocenters. The van der Waals surface area contributed by atoms with Crippen LogP contribution < -0.4 is 5.73 Å². The normalized spacial score (nSPS) is 24.8. The molecule has 24 heavy (non-hydrogen) atoms. The number of amides is 1. The Morgan fingerprint density at radius 3 is 2.08 bits per heavy atom. The van der Waals surface area contributed by atoms with Gasteiger partial charge in [0.25, 0.3) is 0 Å². The van der Waals surface area contributed by atoms with E-state index in [0.717, 1.165) is 76.8 Å². The van der Waals surface area contributed by atoms with E-state index < -0.39 is 0 Å². The third-order valence-corrected chi connectivity index (χ3v) is 5.51.